The van der Waals surface area contributed by atoms with Crippen LogP contribution in [0.5, 0.6) is 0 Å². The van der Waals surface area contributed by atoms with Gasteiger partial charge in [-0.3, -0.25) is 4.79 Å². The van der Waals surface area contributed by atoms with Crippen LogP contribution in [0.25, 0.3) is 10.7 Å². The van der Waals surface area contributed by atoms with Crippen molar-refractivity contribution < 1.29 is 9.32 Å². The molecule has 5 nitrogen and oxygen atoms in total. The van der Waals surface area contributed by atoms with Crippen molar-refractivity contribution in [1.82, 2.24) is 10.1 Å². The van der Waals surface area contributed by atoms with E-state index in [2.05, 4.69) is 15.5 Å². The van der Waals surface area contributed by atoms with Gasteiger partial charge in [-0.05, 0) is 36.4 Å². The fourth-order valence-corrected chi connectivity index (χ4v) is 2.95. The smallest absolute Gasteiger partial charge is 0.227 e. The molecule has 0 aliphatic heterocycles. The zero-order valence-electron chi connectivity index (χ0n) is 13.0. The SMILES string of the molecule is Cc1cccc(C)c1NC(=O)CCc1nc(-c2cccs2)no1. The van der Waals surface area contributed by atoms with E-state index in [-0.39, 0.29) is 5.91 Å². The third-order valence-corrected chi connectivity index (χ3v) is 4.39. The number of carbonyl (C=O) groups excluding carboxylic acids is 1. The van der Waals surface area contributed by atoms with Crippen molar-refractivity contribution in [2.45, 2.75) is 26.7 Å². The van der Waals surface area contributed by atoms with Gasteiger partial charge in [0.15, 0.2) is 0 Å². The number of nitrogens with one attached hydrogen (secondary N) is 1. The average Bonchev–Trinajstić information content (AvgIpc) is 3.19. The number of para-hydroxylation sites is 1. The number of carbonyl (C=O) groups is 1. The van der Waals surface area contributed by atoms with E-state index in [1.807, 2.05) is 49.6 Å². The number of aromatic nitrogens is 2. The Hall–Kier alpha value is -2.47. The highest BCUT2D eigenvalue weighted by molar-refractivity contribution is 7.13. The van der Waals surface area contributed by atoms with E-state index >= 15 is 0 Å². The molecule has 2 aromatic heterocycles. The van der Waals surface area contributed by atoms with Crippen LogP contribution in [0.2, 0.25) is 0 Å². The molecule has 0 saturated heterocycles. The lowest BCUT2D eigenvalue weighted by atomic mass is 10.1. The number of amides is 1. The molecule has 6 heteroatoms. The highest BCUT2D eigenvalue weighted by Crippen LogP contribution is 2.22. The van der Waals surface area contributed by atoms with Gasteiger partial charge in [0.05, 0.1) is 4.88 Å². The number of thiophene rings is 1. The molecule has 3 aromatic rings. The van der Waals surface area contributed by atoms with Crippen LogP contribution in [0.1, 0.15) is 23.4 Å². The van der Waals surface area contributed by atoms with Gasteiger partial charge in [0.25, 0.3) is 0 Å². The summed E-state index contributed by atoms with van der Waals surface area (Å²) < 4.78 is 5.20. The number of nitrogens with zero attached hydrogens (tertiary/aromatic N) is 2. The second-order valence-electron chi connectivity index (χ2n) is 5.30. The summed E-state index contributed by atoms with van der Waals surface area (Å²) in [7, 11) is 0. The first-order chi connectivity index (χ1) is 11.1. The number of hydrogen-bond donors (Lipinski definition) is 1. The van der Waals surface area contributed by atoms with Crippen LogP contribution in [0, 0.1) is 13.8 Å². The third kappa shape index (κ3) is 3.65. The van der Waals surface area contributed by atoms with Gasteiger partial charge in [0, 0.05) is 18.5 Å². The molecule has 1 amide bonds. The quantitative estimate of drug-likeness (QED) is 0.769. The molecule has 1 N–H and O–H groups in total. The first-order valence-electron chi connectivity index (χ1n) is 7.36. The van der Waals surface area contributed by atoms with Crippen LogP contribution < -0.4 is 5.32 Å². The summed E-state index contributed by atoms with van der Waals surface area (Å²) in [5, 5.41) is 8.86. The number of rotatable bonds is 5. The Morgan fingerprint density at radius 3 is 2.70 bits per heavy atom. The first-order valence-corrected chi connectivity index (χ1v) is 8.24. The molecular weight excluding hydrogens is 310 g/mol. The summed E-state index contributed by atoms with van der Waals surface area (Å²) in [4.78, 5) is 17.4. The van der Waals surface area contributed by atoms with Gasteiger partial charge in [-0.1, -0.05) is 29.4 Å². The molecule has 0 bridgehead atoms. The summed E-state index contributed by atoms with van der Waals surface area (Å²) in [6, 6.07) is 9.81. The lowest BCUT2D eigenvalue weighted by Gasteiger charge is -2.10. The highest BCUT2D eigenvalue weighted by atomic mass is 32.1. The normalized spacial score (nSPS) is 10.7. The van der Waals surface area contributed by atoms with Crippen LogP contribution in [0.4, 0.5) is 5.69 Å². The van der Waals surface area contributed by atoms with Gasteiger partial charge in [0.2, 0.25) is 17.6 Å². The minimum absolute atomic E-state index is 0.0572. The van der Waals surface area contributed by atoms with E-state index < -0.39 is 0 Å². The Morgan fingerprint density at radius 2 is 2.00 bits per heavy atom. The Bertz CT molecular complexity index is 789. The Morgan fingerprint density at radius 1 is 1.22 bits per heavy atom. The summed E-state index contributed by atoms with van der Waals surface area (Å²) >= 11 is 1.55. The Labute approximate surface area is 138 Å². The fourth-order valence-electron chi connectivity index (χ4n) is 2.30. The summed E-state index contributed by atoms with van der Waals surface area (Å²) in [5.74, 6) is 0.994. The summed E-state index contributed by atoms with van der Waals surface area (Å²) in [6.45, 7) is 3.96. The van der Waals surface area contributed by atoms with Gasteiger partial charge in [-0.2, -0.15) is 4.98 Å². The first kappa shape index (κ1) is 15.4. The molecule has 1 aromatic carbocycles. The van der Waals surface area contributed by atoms with E-state index in [1.165, 1.54) is 0 Å². The van der Waals surface area contributed by atoms with Crippen LogP contribution in [0.3, 0.4) is 0 Å². The molecule has 3 rings (SSSR count). The van der Waals surface area contributed by atoms with Crippen molar-refractivity contribution in [2.75, 3.05) is 5.32 Å². The topological polar surface area (TPSA) is 68.0 Å². The molecule has 0 radical (unpaired) electrons. The van der Waals surface area contributed by atoms with Gasteiger partial charge in [-0.15, -0.1) is 11.3 Å². The Balaban J connectivity index is 1.59. The summed E-state index contributed by atoms with van der Waals surface area (Å²) in [6.07, 6.45) is 0.731. The van der Waals surface area contributed by atoms with Crippen molar-refractivity contribution in [3.63, 3.8) is 0 Å². The minimum atomic E-state index is -0.0572. The number of anilines is 1. The van der Waals surface area contributed by atoms with Crippen LogP contribution in [0.15, 0.2) is 40.2 Å². The van der Waals surface area contributed by atoms with Crippen molar-refractivity contribution >= 4 is 22.9 Å². The van der Waals surface area contributed by atoms with Gasteiger partial charge >= 0.3 is 0 Å². The maximum Gasteiger partial charge on any atom is 0.227 e. The molecule has 23 heavy (non-hydrogen) atoms. The molecule has 2 heterocycles. The second-order valence-corrected chi connectivity index (χ2v) is 6.25. The van der Waals surface area contributed by atoms with E-state index in [9.17, 15) is 4.79 Å². The van der Waals surface area contributed by atoms with Crippen LogP contribution in [-0.4, -0.2) is 16.0 Å². The maximum atomic E-state index is 12.1. The molecule has 0 aliphatic rings. The predicted octanol–water partition coefficient (Wildman–Crippen LogP) is 3.99. The zero-order valence-corrected chi connectivity index (χ0v) is 13.8. The standard InChI is InChI=1S/C17H17N3O2S/c1-11-5-3-6-12(2)16(11)18-14(21)8-9-15-19-17(20-22-15)13-7-4-10-23-13/h3-7,10H,8-9H2,1-2H3,(H,18,21). The number of aryl methyl sites for hydroxylation is 3. The molecular formula is C17H17N3O2S. The molecule has 0 atom stereocenters. The number of benzene rings is 1. The molecule has 118 valence electrons. The van der Waals surface area contributed by atoms with E-state index in [4.69, 9.17) is 4.52 Å². The van der Waals surface area contributed by atoms with Crippen LogP contribution >= 0.6 is 11.3 Å². The van der Waals surface area contributed by atoms with Crippen LogP contribution in [-0.2, 0) is 11.2 Å². The van der Waals surface area contributed by atoms with Crippen molar-refractivity contribution in [1.29, 1.82) is 0 Å². The lowest BCUT2D eigenvalue weighted by Crippen LogP contribution is -2.14. The number of hydrogen-bond acceptors (Lipinski definition) is 5. The molecule has 0 aliphatic carbocycles. The highest BCUT2D eigenvalue weighted by Gasteiger charge is 2.12. The largest absolute Gasteiger partial charge is 0.339 e. The monoisotopic (exact) mass is 327 g/mol. The van der Waals surface area contributed by atoms with Gasteiger partial charge in [0.1, 0.15) is 0 Å². The summed E-state index contributed by atoms with van der Waals surface area (Å²) in [5.41, 5.74) is 2.98. The zero-order chi connectivity index (χ0) is 16.2. The average molecular weight is 327 g/mol. The molecule has 0 saturated carbocycles. The van der Waals surface area contributed by atoms with Gasteiger partial charge in [-0.25, -0.2) is 0 Å². The van der Waals surface area contributed by atoms with Crippen molar-refractivity contribution in [2.24, 2.45) is 0 Å². The van der Waals surface area contributed by atoms with E-state index in [1.54, 1.807) is 11.3 Å². The maximum absolute atomic E-state index is 12.1. The minimum Gasteiger partial charge on any atom is -0.339 e. The van der Waals surface area contributed by atoms with E-state index in [0.29, 0.717) is 24.6 Å². The van der Waals surface area contributed by atoms with Crippen molar-refractivity contribution in [3.8, 4) is 10.7 Å². The Kier molecular flexibility index (Phi) is 4.52. The fraction of sp³-hybridized carbons (Fsp3) is 0.235. The molecule has 0 fully saturated rings. The predicted molar refractivity (Wildman–Crippen MR) is 90.5 cm³/mol. The lowest BCUT2D eigenvalue weighted by molar-refractivity contribution is -0.116. The van der Waals surface area contributed by atoms with E-state index in [0.717, 1.165) is 21.7 Å². The molecule has 0 unspecified atom stereocenters. The third-order valence-electron chi connectivity index (χ3n) is 3.52. The van der Waals surface area contributed by atoms with Gasteiger partial charge < -0.3 is 9.84 Å². The second kappa shape index (κ2) is 6.75. The molecule has 0 spiro atoms. The van der Waals surface area contributed by atoms with Crippen molar-refractivity contribution in [3.05, 3.63) is 52.7 Å².